The van der Waals surface area contributed by atoms with Gasteiger partial charge in [-0.3, -0.25) is 4.79 Å². The topological polar surface area (TPSA) is 80.9 Å². The second-order valence-corrected chi connectivity index (χ2v) is 8.06. The van der Waals surface area contributed by atoms with E-state index < -0.39 is 11.9 Å². The molecule has 30 heavy (non-hydrogen) atoms. The van der Waals surface area contributed by atoms with Crippen LogP contribution in [0.4, 0.5) is 0 Å². The normalized spacial score (nSPS) is 16.6. The lowest BCUT2D eigenvalue weighted by atomic mass is 10.1. The van der Waals surface area contributed by atoms with Gasteiger partial charge in [0.25, 0.3) is 5.91 Å². The molecular formula is C23H24N2O4S. The Morgan fingerprint density at radius 3 is 2.43 bits per heavy atom. The molecule has 3 rings (SSSR count). The van der Waals surface area contributed by atoms with Crippen molar-refractivity contribution in [1.29, 1.82) is 0 Å². The highest BCUT2D eigenvalue weighted by Crippen LogP contribution is 2.39. The smallest absolute Gasteiger partial charge is 0.344 e. The van der Waals surface area contributed by atoms with Crippen LogP contribution in [0.15, 0.2) is 51.6 Å². The number of carbonyl (C=O) groups excluding carboxylic acids is 2. The molecule has 1 aromatic heterocycles. The number of hydrogen-bond donors (Lipinski definition) is 1. The number of benzene rings is 1. The number of aliphatic imine (C=N–C) groups is 1. The minimum Gasteiger partial charge on any atom is -0.506 e. The number of hydrogen-bond acceptors (Lipinski definition) is 5. The molecule has 1 aromatic carbocycles. The Balaban J connectivity index is 2.03. The summed E-state index contributed by atoms with van der Waals surface area (Å²) in [5, 5.41) is 10.9. The second-order valence-electron chi connectivity index (χ2n) is 7.03. The maximum atomic E-state index is 12.6. The van der Waals surface area contributed by atoms with Crippen molar-refractivity contribution in [2.75, 3.05) is 6.61 Å². The first kappa shape index (κ1) is 21.6. The monoisotopic (exact) mass is 424 g/mol. The van der Waals surface area contributed by atoms with Gasteiger partial charge >= 0.3 is 5.97 Å². The van der Waals surface area contributed by atoms with E-state index in [0.717, 1.165) is 34.3 Å². The Morgan fingerprint density at radius 2 is 1.87 bits per heavy atom. The van der Waals surface area contributed by atoms with Crippen LogP contribution in [0.3, 0.4) is 0 Å². The lowest BCUT2D eigenvalue weighted by Gasteiger charge is -2.03. The van der Waals surface area contributed by atoms with Crippen molar-refractivity contribution in [1.82, 2.24) is 4.57 Å². The molecule has 0 atom stereocenters. The first-order valence-electron chi connectivity index (χ1n) is 9.56. The van der Waals surface area contributed by atoms with Gasteiger partial charge in [-0.2, -0.15) is 0 Å². The standard InChI is InChI=1S/C23H24N2O4S/c1-6-29-23(28)19-20(26)18(12-17-11-14(3)25(5)15(17)4)30-22(19)24-21(27)16-9-7-13(2)8-10-16/h7-12,26H,6H2,1-5H3/b18-12-,24-22?. The van der Waals surface area contributed by atoms with E-state index in [1.165, 1.54) is 0 Å². The van der Waals surface area contributed by atoms with Crippen LogP contribution < -0.4 is 0 Å². The third-order valence-corrected chi connectivity index (χ3v) is 5.99. The Morgan fingerprint density at radius 1 is 1.20 bits per heavy atom. The summed E-state index contributed by atoms with van der Waals surface area (Å²) in [5.74, 6) is -1.42. The highest BCUT2D eigenvalue weighted by molar-refractivity contribution is 8.18. The zero-order valence-electron chi connectivity index (χ0n) is 17.6. The van der Waals surface area contributed by atoms with E-state index in [1.807, 2.05) is 50.6 Å². The number of aromatic nitrogens is 1. The summed E-state index contributed by atoms with van der Waals surface area (Å²) in [4.78, 5) is 29.7. The number of carbonyl (C=O) groups is 2. The molecule has 1 amide bonds. The third kappa shape index (κ3) is 4.26. The summed E-state index contributed by atoms with van der Waals surface area (Å²) >= 11 is 1.08. The molecule has 7 heteroatoms. The zero-order chi connectivity index (χ0) is 22.0. The van der Waals surface area contributed by atoms with Crippen LogP contribution in [0.25, 0.3) is 6.08 Å². The van der Waals surface area contributed by atoms with Crippen molar-refractivity contribution in [3.05, 3.63) is 74.6 Å². The average molecular weight is 425 g/mol. The van der Waals surface area contributed by atoms with Crippen LogP contribution >= 0.6 is 11.8 Å². The molecule has 2 aromatic rings. The summed E-state index contributed by atoms with van der Waals surface area (Å²) in [7, 11) is 1.96. The summed E-state index contributed by atoms with van der Waals surface area (Å²) in [6.45, 7) is 7.72. The van der Waals surface area contributed by atoms with E-state index in [-0.39, 0.29) is 23.0 Å². The van der Waals surface area contributed by atoms with Crippen molar-refractivity contribution in [2.24, 2.45) is 12.0 Å². The molecule has 0 radical (unpaired) electrons. The third-order valence-electron chi connectivity index (χ3n) is 4.97. The van der Waals surface area contributed by atoms with Crippen molar-refractivity contribution < 1.29 is 19.4 Å². The summed E-state index contributed by atoms with van der Waals surface area (Å²) in [6, 6.07) is 9.00. The number of aryl methyl sites for hydroxylation is 2. The molecule has 2 heterocycles. The maximum absolute atomic E-state index is 12.6. The van der Waals surface area contributed by atoms with Gasteiger partial charge in [-0.05, 0) is 57.5 Å². The summed E-state index contributed by atoms with van der Waals surface area (Å²) in [5.41, 5.74) is 4.35. The van der Waals surface area contributed by atoms with E-state index >= 15 is 0 Å². The van der Waals surface area contributed by atoms with Crippen LogP contribution in [-0.2, 0) is 16.6 Å². The fourth-order valence-electron chi connectivity index (χ4n) is 3.02. The molecule has 156 valence electrons. The molecule has 0 fully saturated rings. The lowest BCUT2D eigenvalue weighted by molar-refractivity contribution is -0.138. The molecule has 0 aliphatic carbocycles. The number of amides is 1. The number of aliphatic hydroxyl groups is 1. The Kier molecular flexibility index (Phi) is 6.31. The Hall–Kier alpha value is -3.06. The van der Waals surface area contributed by atoms with E-state index in [0.29, 0.717) is 10.5 Å². The first-order chi connectivity index (χ1) is 14.2. The molecule has 1 N–H and O–H groups in total. The van der Waals surface area contributed by atoms with Crippen LogP contribution in [0.1, 0.15) is 39.8 Å². The van der Waals surface area contributed by atoms with E-state index in [4.69, 9.17) is 4.74 Å². The zero-order valence-corrected chi connectivity index (χ0v) is 18.5. The van der Waals surface area contributed by atoms with Gasteiger partial charge in [-0.1, -0.05) is 29.5 Å². The predicted octanol–water partition coefficient (Wildman–Crippen LogP) is 4.65. The first-order valence-corrected chi connectivity index (χ1v) is 10.4. The van der Waals surface area contributed by atoms with Crippen molar-refractivity contribution >= 4 is 34.8 Å². The number of aliphatic hydroxyl groups excluding tert-OH is 1. The van der Waals surface area contributed by atoms with E-state index in [9.17, 15) is 14.7 Å². The number of nitrogens with zero attached hydrogens (tertiary/aromatic N) is 2. The Labute approximate surface area is 180 Å². The van der Waals surface area contributed by atoms with Crippen molar-refractivity contribution in [3.8, 4) is 0 Å². The van der Waals surface area contributed by atoms with Crippen LogP contribution in [0, 0.1) is 20.8 Å². The minimum atomic E-state index is -0.706. The van der Waals surface area contributed by atoms with Crippen LogP contribution in [0.2, 0.25) is 0 Å². The fraction of sp³-hybridized carbons (Fsp3) is 0.261. The molecule has 0 spiro atoms. The SMILES string of the molecule is CCOC(=O)C1=C(O)/C(=C/c2cc(C)n(C)c2C)SC1=NC(=O)c1ccc(C)cc1. The van der Waals surface area contributed by atoms with Crippen LogP contribution in [-0.4, -0.2) is 33.2 Å². The summed E-state index contributed by atoms with van der Waals surface area (Å²) < 4.78 is 7.12. The van der Waals surface area contributed by atoms with Crippen molar-refractivity contribution in [3.63, 3.8) is 0 Å². The van der Waals surface area contributed by atoms with Crippen molar-refractivity contribution in [2.45, 2.75) is 27.7 Å². The fourth-order valence-corrected chi connectivity index (χ4v) is 4.02. The molecule has 0 bridgehead atoms. The highest BCUT2D eigenvalue weighted by Gasteiger charge is 2.34. The molecule has 1 aliphatic heterocycles. The minimum absolute atomic E-state index is 0.0844. The van der Waals surface area contributed by atoms with Gasteiger partial charge in [0.2, 0.25) is 0 Å². The summed E-state index contributed by atoms with van der Waals surface area (Å²) in [6.07, 6.45) is 1.79. The van der Waals surface area contributed by atoms with Gasteiger partial charge in [0.15, 0.2) is 0 Å². The van der Waals surface area contributed by atoms with Gasteiger partial charge in [-0.15, -0.1) is 0 Å². The second kappa shape index (κ2) is 8.75. The van der Waals surface area contributed by atoms with Gasteiger partial charge in [-0.25, -0.2) is 9.79 Å². The maximum Gasteiger partial charge on any atom is 0.344 e. The van der Waals surface area contributed by atoms with E-state index in [1.54, 1.807) is 25.1 Å². The quantitative estimate of drug-likeness (QED) is 0.723. The Bertz CT molecular complexity index is 1100. The molecule has 6 nitrogen and oxygen atoms in total. The van der Waals surface area contributed by atoms with E-state index in [2.05, 4.69) is 4.99 Å². The number of rotatable bonds is 4. The predicted molar refractivity (Wildman–Crippen MR) is 120 cm³/mol. The molecule has 0 saturated heterocycles. The molecule has 1 aliphatic rings. The molecular weight excluding hydrogens is 400 g/mol. The number of thioether (sulfide) groups is 1. The number of ether oxygens (including phenoxy) is 1. The highest BCUT2D eigenvalue weighted by atomic mass is 32.2. The average Bonchev–Trinajstić information content (AvgIpc) is 3.13. The number of esters is 1. The molecule has 0 saturated carbocycles. The van der Waals surface area contributed by atoms with Gasteiger partial charge in [0.1, 0.15) is 16.4 Å². The van der Waals surface area contributed by atoms with Crippen LogP contribution in [0.5, 0.6) is 0 Å². The lowest BCUT2D eigenvalue weighted by Crippen LogP contribution is -2.14. The van der Waals surface area contributed by atoms with Gasteiger partial charge in [0.05, 0.1) is 11.5 Å². The van der Waals surface area contributed by atoms with Gasteiger partial charge in [0, 0.05) is 24.0 Å². The molecule has 0 unspecified atom stereocenters. The largest absolute Gasteiger partial charge is 0.506 e. The van der Waals surface area contributed by atoms with Gasteiger partial charge < -0.3 is 14.4 Å².